The summed E-state index contributed by atoms with van der Waals surface area (Å²) >= 11 is 0. The number of hydrogen-bond donors (Lipinski definition) is 2. The van der Waals surface area contributed by atoms with E-state index in [2.05, 4.69) is 24.5 Å². The van der Waals surface area contributed by atoms with Crippen LogP contribution in [0.3, 0.4) is 0 Å². The van der Waals surface area contributed by atoms with Gasteiger partial charge in [-0.3, -0.25) is 4.79 Å². The number of ether oxygens (including phenoxy) is 2. The lowest BCUT2D eigenvalue weighted by Gasteiger charge is -2.18. The number of hydrogen-bond acceptors (Lipinski definition) is 4. The summed E-state index contributed by atoms with van der Waals surface area (Å²) in [6.45, 7) is 7.17. The maximum Gasteiger partial charge on any atom is 0.260 e. The molecule has 0 aliphatic heterocycles. The monoisotopic (exact) mass is 294 g/mol. The third kappa shape index (κ3) is 5.63. The molecule has 5 nitrogen and oxygen atoms in total. The second-order valence-corrected chi connectivity index (χ2v) is 5.40. The van der Waals surface area contributed by atoms with E-state index < -0.39 is 6.10 Å². The minimum absolute atomic E-state index is 0.109. The minimum atomic E-state index is -0.550. The molecule has 0 radical (unpaired) electrons. The van der Waals surface area contributed by atoms with Crippen LogP contribution in [0.25, 0.3) is 0 Å². The topological polar surface area (TPSA) is 59.6 Å². The highest BCUT2D eigenvalue weighted by Gasteiger charge is 2.16. The van der Waals surface area contributed by atoms with Gasteiger partial charge < -0.3 is 20.1 Å². The highest BCUT2D eigenvalue weighted by atomic mass is 16.5. The molecule has 0 heterocycles. The highest BCUT2D eigenvalue weighted by molar-refractivity contribution is 5.80. The average Bonchev–Trinajstić information content (AvgIpc) is 2.46. The van der Waals surface area contributed by atoms with Crippen molar-refractivity contribution >= 4 is 5.91 Å². The van der Waals surface area contributed by atoms with Gasteiger partial charge in [0.15, 0.2) is 6.10 Å². The number of nitrogens with one attached hydrogen (secondary N) is 2. The molecule has 0 aliphatic rings. The van der Waals surface area contributed by atoms with Crippen LogP contribution in [0.5, 0.6) is 11.5 Å². The first kappa shape index (κ1) is 17.3. The molecular formula is C16H26N2O3. The van der Waals surface area contributed by atoms with E-state index in [1.165, 1.54) is 0 Å². The molecule has 0 spiro atoms. The smallest absolute Gasteiger partial charge is 0.260 e. The zero-order chi connectivity index (χ0) is 15.8. The zero-order valence-corrected chi connectivity index (χ0v) is 13.5. The van der Waals surface area contributed by atoms with Crippen LogP contribution >= 0.6 is 0 Å². The third-order valence-electron chi connectivity index (χ3n) is 3.00. The molecule has 0 bridgehead atoms. The SMILES string of the molecule is CNCc1ccc(OC)cc1OC(C)C(=O)NCC(C)C. The van der Waals surface area contributed by atoms with Crippen LogP contribution in [-0.4, -0.2) is 32.7 Å². The van der Waals surface area contributed by atoms with Gasteiger partial charge in [-0.05, 0) is 26.0 Å². The fourth-order valence-electron chi connectivity index (χ4n) is 1.80. The Balaban J connectivity index is 2.77. The molecule has 1 aromatic carbocycles. The van der Waals surface area contributed by atoms with E-state index in [1.807, 2.05) is 19.2 Å². The van der Waals surface area contributed by atoms with E-state index in [0.717, 1.165) is 5.56 Å². The number of carbonyl (C=O) groups is 1. The van der Waals surface area contributed by atoms with E-state index in [1.54, 1.807) is 20.1 Å². The van der Waals surface area contributed by atoms with Gasteiger partial charge in [0, 0.05) is 24.7 Å². The van der Waals surface area contributed by atoms with Gasteiger partial charge in [-0.25, -0.2) is 0 Å². The van der Waals surface area contributed by atoms with Crippen LogP contribution in [0.15, 0.2) is 18.2 Å². The zero-order valence-electron chi connectivity index (χ0n) is 13.5. The summed E-state index contributed by atoms with van der Waals surface area (Å²) < 4.78 is 11.0. The van der Waals surface area contributed by atoms with Crippen molar-refractivity contribution in [3.05, 3.63) is 23.8 Å². The van der Waals surface area contributed by atoms with Crippen LogP contribution in [-0.2, 0) is 11.3 Å². The number of rotatable bonds is 8. The van der Waals surface area contributed by atoms with Gasteiger partial charge >= 0.3 is 0 Å². The fourth-order valence-corrected chi connectivity index (χ4v) is 1.80. The first-order chi connectivity index (χ1) is 9.97. The second-order valence-electron chi connectivity index (χ2n) is 5.40. The molecule has 0 saturated heterocycles. The van der Waals surface area contributed by atoms with Gasteiger partial charge in [-0.15, -0.1) is 0 Å². The number of amides is 1. The Morgan fingerprint density at radius 1 is 1.29 bits per heavy atom. The summed E-state index contributed by atoms with van der Waals surface area (Å²) in [5.41, 5.74) is 0.988. The Hall–Kier alpha value is -1.75. The van der Waals surface area contributed by atoms with Crippen molar-refractivity contribution in [3.8, 4) is 11.5 Å². The Kier molecular flexibility index (Phi) is 7.02. The molecule has 2 N–H and O–H groups in total. The molecule has 1 rings (SSSR count). The molecule has 0 aromatic heterocycles. The number of carbonyl (C=O) groups excluding carboxylic acids is 1. The lowest BCUT2D eigenvalue weighted by Crippen LogP contribution is -2.38. The van der Waals surface area contributed by atoms with Crippen molar-refractivity contribution in [1.82, 2.24) is 10.6 Å². The molecule has 1 unspecified atom stereocenters. The molecular weight excluding hydrogens is 268 g/mol. The summed E-state index contributed by atoms with van der Waals surface area (Å²) in [6, 6.07) is 5.62. The van der Waals surface area contributed by atoms with Gasteiger partial charge in [0.1, 0.15) is 11.5 Å². The Morgan fingerprint density at radius 2 is 2.00 bits per heavy atom. The van der Waals surface area contributed by atoms with E-state index in [9.17, 15) is 4.79 Å². The van der Waals surface area contributed by atoms with Gasteiger partial charge in [-0.2, -0.15) is 0 Å². The van der Waals surface area contributed by atoms with Crippen molar-refractivity contribution in [2.45, 2.75) is 33.4 Å². The van der Waals surface area contributed by atoms with Crippen LogP contribution < -0.4 is 20.1 Å². The predicted octanol–water partition coefficient (Wildman–Crippen LogP) is 1.95. The third-order valence-corrected chi connectivity index (χ3v) is 3.00. The Labute approximate surface area is 127 Å². The van der Waals surface area contributed by atoms with Crippen LogP contribution in [0.1, 0.15) is 26.3 Å². The summed E-state index contributed by atoms with van der Waals surface area (Å²) in [4.78, 5) is 12.0. The van der Waals surface area contributed by atoms with Gasteiger partial charge in [0.05, 0.1) is 7.11 Å². The van der Waals surface area contributed by atoms with Crippen LogP contribution in [0.2, 0.25) is 0 Å². The molecule has 21 heavy (non-hydrogen) atoms. The number of benzene rings is 1. The van der Waals surface area contributed by atoms with Gasteiger partial charge in [0.25, 0.3) is 5.91 Å². The predicted molar refractivity (Wildman–Crippen MR) is 83.7 cm³/mol. The first-order valence-corrected chi connectivity index (χ1v) is 7.23. The first-order valence-electron chi connectivity index (χ1n) is 7.23. The summed E-state index contributed by atoms with van der Waals surface area (Å²) in [5.74, 6) is 1.68. The van der Waals surface area contributed by atoms with E-state index in [0.29, 0.717) is 30.5 Å². The summed E-state index contributed by atoms with van der Waals surface area (Å²) in [6.07, 6.45) is -0.550. The van der Waals surface area contributed by atoms with Crippen LogP contribution in [0.4, 0.5) is 0 Å². The maximum absolute atomic E-state index is 12.0. The Morgan fingerprint density at radius 3 is 2.57 bits per heavy atom. The normalized spacial score (nSPS) is 12.1. The van der Waals surface area contributed by atoms with Crippen molar-refractivity contribution in [1.29, 1.82) is 0 Å². The molecule has 1 amide bonds. The summed E-state index contributed by atoms with van der Waals surface area (Å²) in [5, 5.41) is 5.95. The molecule has 118 valence electrons. The molecule has 1 aromatic rings. The van der Waals surface area contributed by atoms with Gasteiger partial charge in [0.2, 0.25) is 0 Å². The van der Waals surface area contributed by atoms with Crippen molar-refractivity contribution in [2.24, 2.45) is 5.92 Å². The molecule has 5 heteroatoms. The van der Waals surface area contributed by atoms with E-state index in [-0.39, 0.29) is 5.91 Å². The highest BCUT2D eigenvalue weighted by Crippen LogP contribution is 2.25. The lowest BCUT2D eigenvalue weighted by molar-refractivity contribution is -0.127. The van der Waals surface area contributed by atoms with Crippen molar-refractivity contribution in [2.75, 3.05) is 20.7 Å². The average molecular weight is 294 g/mol. The molecule has 1 atom stereocenters. The number of methoxy groups -OCH3 is 1. The quantitative estimate of drug-likeness (QED) is 0.769. The van der Waals surface area contributed by atoms with E-state index in [4.69, 9.17) is 9.47 Å². The minimum Gasteiger partial charge on any atom is -0.497 e. The van der Waals surface area contributed by atoms with E-state index >= 15 is 0 Å². The maximum atomic E-state index is 12.0. The fraction of sp³-hybridized carbons (Fsp3) is 0.562. The van der Waals surface area contributed by atoms with Crippen molar-refractivity contribution in [3.63, 3.8) is 0 Å². The molecule has 0 fully saturated rings. The van der Waals surface area contributed by atoms with Crippen molar-refractivity contribution < 1.29 is 14.3 Å². The second kappa shape index (κ2) is 8.52. The summed E-state index contributed by atoms with van der Waals surface area (Å²) in [7, 11) is 3.47. The Bertz CT molecular complexity index is 461. The lowest BCUT2D eigenvalue weighted by atomic mass is 10.2. The molecule has 0 saturated carbocycles. The largest absolute Gasteiger partial charge is 0.497 e. The molecule has 0 aliphatic carbocycles. The van der Waals surface area contributed by atoms with Gasteiger partial charge in [-0.1, -0.05) is 19.9 Å². The standard InChI is InChI=1S/C16H26N2O3/c1-11(2)9-18-16(19)12(3)21-15-8-14(20-5)7-6-13(15)10-17-4/h6-8,11-12,17H,9-10H2,1-5H3,(H,18,19). The van der Waals surface area contributed by atoms with Crippen LogP contribution in [0, 0.1) is 5.92 Å².